The summed E-state index contributed by atoms with van der Waals surface area (Å²) in [5.41, 5.74) is 6.97. The molecule has 0 aliphatic heterocycles. The molecule has 1 aromatic heterocycles. The first-order chi connectivity index (χ1) is 9.45. The molecule has 1 aromatic carbocycles. The molecule has 0 radical (unpaired) electrons. The molecule has 0 saturated heterocycles. The van der Waals surface area contributed by atoms with Crippen molar-refractivity contribution < 1.29 is 9.18 Å². The third kappa shape index (κ3) is 4.77. The molecule has 0 aliphatic carbocycles. The summed E-state index contributed by atoms with van der Waals surface area (Å²) in [6.07, 6.45) is 2.27. The molecule has 0 unspecified atom stereocenters. The van der Waals surface area contributed by atoms with Gasteiger partial charge in [0.2, 0.25) is 5.91 Å². The van der Waals surface area contributed by atoms with Crippen LogP contribution in [0, 0.1) is 12.7 Å². The number of amides is 1. The summed E-state index contributed by atoms with van der Waals surface area (Å²) < 4.78 is 13.5. The van der Waals surface area contributed by atoms with Crippen molar-refractivity contribution in [2.45, 2.75) is 26.3 Å². The third-order valence-corrected chi connectivity index (χ3v) is 3.72. The summed E-state index contributed by atoms with van der Waals surface area (Å²) in [6, 6.07) is 4.59. The minimum absolute atomic E-state index is 0. The summed E-state index contributed by atoms with van der Waals surface area (Å²) in [7, 11) is 0. The molecule has 2 aromatic rings. The van der Waals surface area contributed by atoms with Crippen LogP contribution >= 0.6 is 23.7 Å². The number of hydrogen-bond donors (Lipinski definition) is 2. The fourth-order valence-electron chi connectivity index (χ4n) is 1.61. The molecule has 1 atom stereocenters. The number of hydrogen-bond acceptors (Lipinski definition) is 4. The zero-order chi connectivity index (χ0) is 14.7. The maximum absolute atomic E-state index is 13.5. The summed E-state index contributed by atoms with van der Waals surface area (Å²) >= 11 is 1.36. The van der Waals surface area contributed by atoms with Crippen molar-refractivity contribution in [1.29, 1.82) is 0 Å². The first-order valence-electron chi connectivity index (χ1n) is 6.22. The lowest BCUT2D eigenvalue weighted by molar-refractivity contribution is -0.117. The Morgan fingerprint density at radius 3 is 2.86 bits per heavy atom. The van der Waals surface area contributed by atoms with Crippen LogP contribution in [0.4, 0.5) is 9.52 Å². The molecule has 3 N–H and O–H groups in total. The normalized spacial score (nSPS) is 11.6. The molecule has 2 rings (SSSR count). The van der Waals surface area contributed by atoms with Crippen molar-refractivity contribution >= 4 is 34.8 Å². The number of benzene rings is 1. The maximum atomic E-state index is 13.5. The molecular formula is C14H17ClFN3OS. The number of carbonyl (C=O) groups excluding carboxylic acids is 1. The van der Waals surface area contributed by atoms with Crippen molar-refractivity contribution in [2.75, 3.05) is 5.32 Å². The van der Waals surface area contributed by atoms with E-state index in [1.807, 2.05) is 6.07 Å². The van der Waals surface area contributed by atoms with Gasteiger partial charge in [0.25, 0.3) is 0 Å². The topological polar surface area (TPSA) is 68.0 Å². The largest absolute Gasteiger partial charge is 0.320 e. The summed E-state index contributed by atoms with van der Waals surface area (Å²) in [5, 5.41) is 3.15. The standard InChI is InChI=1S/C14H16FN3OS.ClH/c1-8-3-4-10(6-12(8)15)5-11-7-17-14(20-11)18-13(19)9(2)16;/h3-4,6-7,9H,5,16H2,1-2H3,(H,17,18,19);1H/t9-;/m0./s1. The van der Waals surface area contributed by atoms with Gasteiger partial charge >= 0.3 is 0 Å². The van der Waals surface area contributed by atoms with Gasteiger partial charge in [-0.15, -0.1) is 23.7 Å². The molecule has 114 valence electrons. The minimum atomic E-state index is -0.575. The van der Waals surface area contributed by atoms with Crippen LogP contribution in [0.5, 0.6) is 0 Å². The van der Waals surface area contributed by atoms with Crippen molar-refractivity contribution in [3.8, 4) is 0 Å². The van der Waals surface area contributed by atoms with Crippen LogP contribution in [0.1, 0.15) is 22.9 Å². The Morgan fingerprint density at radius 1 is 1.52 bits per heavy atom. The van der Waals surface area contributed by atoms with Gasteiger partial charge in [-0.25, -0.2) is 9.37 Å². The second-order valence-electron chi connectivity index (χ2n) is 4.67. The Bertz CT molecular complexity index is 630. The number of nitrogens with zero attached hydrogens (tertiary/aromatic N) is 1. The Morgan fingerprint density at radius 2 is 2.24 bits per heavy atom. The second kappa shape index (κ2) is 7.49. The van der Waals surface area contributed by atoms with E-state index in [-0.39, 0.29) is 24.1 Å². The number of anilines is 1. The molecule has 0 bridgehead atoms. The molecule has 0 spiro atoms. The lowest BCUT2D eigenvalue weighted by Gasteiger charge is -2.03. The lowest BCUT2D eigenvalue weighted by Crippen LogP contribution is -2.32. The van der Waals surface area contributed by atoms with Gasteiger partial charge < -0.3 is 11.1 Å². The highest BCUT2D eigenvalue weighted by molar-refractivity contribution is 7.15. The number of thiazole rings is 1. The van der Waals surface area contributed by atoms with Crippen LogP contribution in [0.15, 0.2) is 24.4 Å². The van der Waals surface area contributed by atoms with E-state index < -0.39 is 6.04 Å². The average Bonchev–Trinajstić information content (AvgIpc) is 2.81. The summed E-state index contributed by atoms with van der Waals surface area (Å²) in [4.78, 5) is 16.5. The van der Waals surface area contributed by atoms with Gasteiger partial charge in [-0.2, -0.15) is 0 Å². The van der Waals surface area contributed by atoms with E-state index in [2.05, 4.69) is 10.3 Å². The summed E-state index contributed by atoms with van der Waals surface area (Å²) in [6.45, 7) is 3.34. The Labute approximate surface area is 133 Å². The van der Waals surface area contributed by atoms with Gasteiger partial charge in [-0.05, 0) is 31.0 Å². The van der Waals surface area contributed by atoms with Gasteiger partial charge in [-0.1, -0.05) is 12.1 Å². The van der Waals surface area contributed by atoms with Crippen LogP contribution in [-0.4, -0.2) is 16.9 Å². The van der Waals surface area contributed by atoms with Gasteiger partial charge in [0.05, 0.1) is 6.04 Å². The molecule has 1 heterocycles. The highest BCUT2D eigenvalue weighted by atomic mass is 35.5. The first kappa shape index (κ1) is 17.6. The van der Waals surface area contributed by atoms with Crippen molar-refractivity contribution in [1.82, 2.24) is 4.98 Å². The smallest absolute Gasteiger partial charge is 0.242 e. The van der Waals surface area contributed by atoms with Crippen molar-refractivity contribution in [2.24, 2.45) is 5.73 Å². The van der Waals surface area contributed by atoms with E-state index in [1.165, 1.54) is 17.4 Å². The molecule has 4 nitrogen and oxygen atoms in total. The second-order valence-corrected chi connectivity index (χ2v) is 5.79. The SMILES string of the molecule is Cc1ccc(Cc2cnc(NC(=O)[C@H](C)N)s2)cc1F.Cl. The predicted octanol–water partition coefficient (Wildman–Crippen LogP) is 2.89. The first-order valence-corrected chi connectivity index (χ1v) is 7.03. The molecule has 7 heteroatoms. The highest BCUT2D eigenvalue weighted by Gasteiger charge is 2.10. The van der Waals surface area contributed by atoms with E-state index in [0.717, 1.165) is 10.4 Å². The molecule has 0 saturated carbocycles. The lowest BCUT2D eigenvalue weighted by atomic mass is 10.1. The quantitative estimate of drug-likeness (QED) is 0.906. The highest BCUT2D eigenvalue weighted by Crippen LogP contribution is 2.22. The predicted molar refractivity (Wildman–Crippen MR) is 85.6 cm³/mol. The van der Waals surface area contributed by atoms with Crippen LogP contribution in [0.2, 0.25) is 0 Å². The third-order valence-electron chi connectivity index (χ3n) is 2.81. The number of nitrogens with two attached hydrogens (primary N) is 1. The zero-order valence-electron chi connectivity index (χ0n) is 11.7. The van der Waals surface area contributed by atoms with Gasteiger partial charge in [0, 0.05) is 17.5 Å². The Hall–Kier alpha value is -1.50. The van der Waals surface area contributed by atoms with Gasteiger partial charge in [0.15, 0.2) is 5.13 Å². The Balaban J connectivity index is 0.00000220. The number of carbonyl (C=O) groups is 1. The van der Waals surface area contributed by atoms with Crippen LogP contribution < -0.4 is 11.1 Å². The van der Waals surface area contributed by atoms with Crippen molar-refractivity contribution in [3.63, 3.8) is 0 Å². The van der Waals surface area contributed by atoms with Crippen LogP contribution in [0.3, 0.4) is 0 Å². The van der Waals surface area contributed by atoms with Crippen molar-refractivity contribution in [3.05, 3.63) is 46.2 Å². The Kier molecular flexibility index (Phi) is 6.26. The number of rotatable bonds is 4. The fraction of sp³-hybridized carbons (Fsp3) is 0.286. The zero-order valence-corrected chi connectivity index (χ0v) is 13.4. The van der Waals surface area contributed by atoms with Gasteiger partial charge in [-0.3, -0.25) is 4.79 Å². The molecule has 0 aliphatic rings. The molecule has 1 amide bonds. The average molecular weight is 330 g/mol. The van der Waals surface area contributed by atoms with Crippen LogP contribution in [-0.2, 0) is 11.2 Å². The van der Waals surface area contributed by atoms with Gasteiger partial charge in [0.1, 0.15) is 5.82 Å². The van der Waals surface area contributed by atoms with Crippen LogP contribution in [0.25, 0.3) is 0 Å². The molecule has 21 heavy (non-hydrogen) atoms. The van der Waals surface area contributed by atoms with E-state index in [0.29, 0.717) is 17.1 Å². The maximum Gasteiger partial charge on any atom is 0.242 e. The fourth-order valence-corrected chi connectivity index (χ4v) is 2.46. The molecular weight excluding hydrogens is 313 g/mol. The summed E-state index contributed by atoms with van der Waals surface area (Å²) in [5.74, 6) is -0.482. The van der Waals surface area contributed by atoms with E-state index >= 15 is 0 Å². The number of nitrogens with one attached hydrogen (secondary N) is 1. The number of aryl methyl sites for hydroxylation is 1. The molecule has 0 fully saturated rings. The van der Waals surface area contributed by atoms with E-state index in [9.17, 15) is 9.18 Å². The van der Waals surface area contributed by atoms with E-state index in [4.69, 9.17) is 5.73 Å². The minimum Gasteiger partial charge on any atom is -0.320 e. The number of halogens is 2. The van der Waals surface area contributed by atoms with E-state index in [1.54, 1.807) is 26.1 Å². The number of aromatic nitrogens is 1. The monoisotopic (exact) mass is 329 g/mol.